The van der Waals surface area contributed by atoms with E-state index in [1.165, 1.54) is 11.1 Å². The van der Waals surface area contributed by atoms with E-state index < -0.39 is 0 Å². The van der Waals surface area contributed by atoms with Crippen molar-refractivity contribution in [1.82, 2.24) is 5.32 Å². The number of nitrogens with one attached hydrogen (secondary N) is 1. The first-order valence-corrected chi connectivity index (χ1v) is 8.42. The molecule has 4 nitrogen and oxygen atoms in total. The molecule has 0 bridgehead atoms. The lowest BCUT2D eigenvalue weighted by Crippen LogP contribution is -2.34. The van der Waals surface area contributed by atoms with E-state index >= 15 is 0 Å². The van der Waals surface area contributed by atoms with Crippen LogP contribution in [0.3, 0.4) is 0 Å². The van der Waals surface area contributed by atoms with Crippen LogP contribution in [0.15, 0.2) is 36.4 Å². The molecule has 1 aromatic carbocycles. The highest BCUT2D eigenvalue weighted by molar-refractivity contribution is 5.81. The number of amides is 1. The normalized spacial score (nSPS) is 22.4. The number of hydrogen-bond donors (Lipinski definition) is 1. The molecule has 0 saturated heterocycles. The summed E-state index contributed by atoms with van der Waals surface area (Å²) in [6.45, 7) is -0.187. The average molecular weight is 313 g/mol. The van der Waals surface area contributed by atoms with Gasteiger partial charge in [-0.05, 0) is 49.1 Å². The van der Waals surface area contributed by atoms with Crippen molar-refractivity contribution in [3.63, 3.8) is 0 Å². The van der Waals surface area contributed by atoms with Crippen LogP contribution in [-0.2, 0) is 20.7 Å². The first-order chi connectivity index (χ1) is 11.2. The first-order valence-electron chi connectivity index (χ1n) is 8.42. The molecule has 0 radical (unpaired) electrons. The molecule has 1 aromatic rings. The lowest BCUT2D eigenvalue weighted by atomic mass is 9.88. The highest BCUT2D eigenvalue weighted by atomic mass is 16.5. The van der Waals surface area contributed by atoms with Gasteiger partial charge in [-0.1, -0.05) is 36.4 Å². The monoisotopic (exact) mass is 313 g/mol. The number of rotatable bonds is 5. The average Bonchev–Trinajstić information content (AvgIpc) is 3.06. The lowest BCUT2D eigenvalue weighted by molar-refractivity contribution is -0.149. The third-order valence-electron chi connectivity index (χ3n) is 4.61. The van der Waals surface area contributed by atoms with Gasteiger partial charge in [0.15, 0.2) is 6.61 Å². The van der Waals surface area contributed by atoms with Crippen LogP contribution in [0, 0.1) is 5.92 Å². The predicted molar refractivity (Wildman–Crippen MR) is 87.7 cm³/mol. The van der Waals surface area contributed by atoms with Crippen LogP contribution in [-0.4, -0.2) is 18.5 Å². The Kier molecular flexibility index (Phi) is 5.11. The van der Waals surface area contributed by atoms with Crippen LogP contribution in [0.5, 0.6) is 0 Å². The molecule has 4 heteroatoms. The molecule has 0 unspecified atom stereocenters. The van der Waals surface area contributed by atoms with Gasteiger partial charge in [-0.15, -0.1) is 0 Å². The van der Waals surface area contributed by atoms with Crippen molar-refractivity contribution >= 4 is 11.9 Å². The Morgan fingerprint density at radius 1 is 1.22 bits per heavy atom. The molecular weight excluding hydrogens is 290 g/mol. The maximum atomic E-state index is 12.1. The number of allylic oxidation sites excluding steroid dienone is 2. The summed E-state index contributed by atoms with van der Waals surface area (Å²) in [6.07, 6.45) is 9.60. The van der Waals surface area contributed by atoms with E-state index in [0.29, 0.717) is 6.42 Å². The molecule has 2 atom stereocenters. The van der Waals surface area contributed by atoms with Gasteiger partial charge in [-0.25, -0.2) is 0 Å². The second-order valence-corrected chi connectivity index (χ2v) is 6.34. The van der Waals surface area contributed by atoms with E-state index in [4.69, 9.17) is 4.74 Å². The van der Waals surface area contributed by atoms with Crippen molar-refractivity contribution in [1.29, 1.82) is 0 Å². The third-order valence-corrected chi connectivity index (χ3v) is 4.61. The van der Waals surface area contributed by atoms with Crippen LogP contribution in [0.4, 0.5) is 0 Å². The summed E-state index contributed by atoms with van der Waals surface area (Å²) in [4.78, 5) is 23.8. The standard InChI is InChI=1S/C19H23NO3/c21-18(13-23-19(22)12-14-6-1-2-7-14)20-17-11-5-9-15-8-3-4-10-16(15)17/h1,3-4,6,8,10,14,17H,2,5,7,9,11-13H2,(H,20,21)/t14-,17+/m0/s1. The van der Waals surface area contributed by atoms with E-state index in [1.54, 1.807) is 0 Å². The first kappa shape index (κ1) is 15.8. The Bertz CT molecular complexity index is 608. The van der Waals surface area contributed by atoms with E-state index in [-0.39, 0.29) is 30.4 Å². The molecule has 0 spiro atoms. The smallest absolute Gasteiger partial charge is 0.306 e. The molecule has 2 aliphatic carbocycles. The zero-order chi connectivity index (χ0) is 16.1. The maximum absolute atomic E-state index is 12.1. The zero-order valence-corrected chi connectivity index (χ0v) is 13.3. The number of hydrogen-bond acceptors (Lipinski definition) is 3. The van der Waals surface area contributed by atoms with Crippen molar-refractivity contribution in [3.05, 3.63) is 47.5 Å². The summed E-state index contributed by atoms with van der Waals surface area (Å²) in [5.74, 6) is -0.237. The van der Waals surface area contributed by atoms with Gasteiger partial charge in [-0.3, -0.25) is 9.59 Å². The molecule has 0 aliphatic heterocycles. The topological polar surface area (TPSA) is 55.4 Å². The summed E-state index contributed by atoms with van der Waals surface area (Å²) in [5, 5.41) is 2.99. The second-order valence-electron chi connectivity index (χ2n) is 6.34. The molecule has 23 heavy (non-hydrogen) atoms. The second kappa shape index (κ2) is 7.44. The largest absolute Gasteiger partial charge is 0.456 e. The Balaban J connectivity index is 1.46. The van der Waals surface area contributed by atoms with Gasteiger partial charge in [0.05, 0.1) is 12.5 Å². The number of esters is 1. The Morgan fingerprint density at radius 2 is 2.09 bits per heavy atom. The number of benzene rings is 1. The summed E-state index contributed by atoms with van der Waals surface area (Å²) in [6, 6.07) is 8.24. The fourth-order valence-electron chi connectivity index (χ4n) is 3.42. The highest BCUT2D eigenvalue weighted by Gasteiger charge is 2.22. The van der Waals surface area contributed by atoms with Gasteiger partial charge in [0, 0.05) is 0 Å². The molecule has 1 N–H and O–H groups in total. The molecule has 3 rings (SSSR count). The van der Waals surface area contributed by atoms with Gasteiger partial charge in [-0.2, -0.15) is 0 Å². The fraction of sp³-hybridized carbons (Fsp3) is 0.474. The molecule has 0 aromatic heterocycles. The molecule has 0 fully saturated rings. The summed E-state index contributed by atoms with van der Waals surface area (Å²) in [5.41, 5.74) is 2.49. The van der Waals surface area contributed by atoms with Crippen LogP contribution in [0.2, 0.25) is 0 Å². The van der Waals surface area contributed by atoms with Crippen LogP contribution < -0.4 is 5.32 Å². The van der Waals surface area contributed by atoms with E-state index in [9.17, 15) is 9.59 Å². The number of carbonyl (C=O) groups excluding carboxylic acids is 2. The molecule has 0 heterocycles. The van der Waals surface area contributed by atoms with E-state index in [0.717, 1.165) is 32.1 Å². The van der Waals surface area contributed by atoms with Gasteiger partial charge in [0.25, 0.3) is 5.91 Å². The van der Waals surface area contributed by atoms with Gasteiger partial charge >= 0.3 is 5.97 Å². The lowest BCUT2D eigenvalue weighted by Gasteiger charge is -2.26. The maximum Gasteiger partial charge on any atom is 0.306 e. The molecule has 2 aliphatic rings. The zero-order valence-electron chi connectivity index (χ0n) is 13.3. The minimum Gasteiger partial charge on any atom is -0.456 e. The fourth-order valence-corrected chi connectivity index (χ4v) is 3.42. The third kappa shape index (κ3) is 4.21. The van der Waals surface area contributed by atoms with Gasteiger partial charge in [0.1, 0.15) is 0 Å². The summed E-state index contributed by atoms with van der Waals surface area (Å²) in [7, 11) is 0. The minimum absolute atomic E-state index is 0.0314. The Morgan fingerprint density at radius 3 is 2.91 bits per heavy atom. The summed E-state index contributed by atoms with van der Waals surface area (Å²) >= 11 is 0. The van der Waals surface area contributed by atoms with Crippen molar-refractivity contribution in [2.75, 3.05) is 6.61 Å². The van der Waals surface area contributed by atoms with Crippen LogP contribution in [0.25, 0.3) is 0 Å². The number of ether oxygens (including phenoxy) is 1. The van der Waals surface area contributed by atoms with Crippen LogP contribution in [0.1, 0.15) is 49.3 Å². The van der Waals surface area contributed by atoms with E-state index in [1.807, 2.05) is 12.1 Å². The minimum atomic E-state index is -0.291. The summed E-state index contributed by atoms with van der Waals surface area (Å²) < 4.78 is 5.11. The van der Waals surface area contributed by atoms with Crippen molar-refractivity contribution in [2.45, 2.75) is 44.6 Å². The van der Waals surface area contributed by atoms with Gasteiger partial charge < -0.3 is 10.1 Å². The van der Waals surface area contributed by atoms with Gasteiger partial charge in [0.2, 0.25) is 0 Å². The molecule has 122 valence electrons. The highest BCUT2D eigenvalue weighted by Crippen LogP contribution is 2.29. The molecule has 1 amide bonds. The van der Waals surface area contributed by atoms with Crippen molar-refractivity contribution in [3.8, 4) is 0 Å². The van der Waals surface area contributed by atoms with E-state index in [2.05, 4.69) is 29.6 Å². The van der Waals surface area contributed by atoms with Crippen molar-refractivity contribution in [2.24, 2.45) is 5.92 Å². The Hall–Kier alpha value is -2.10. The number of aryl methyl sites for hydroxylation is 1. The Labute approximate surface area is 136 Å². The SMILES string of the molecule is O=C(COC(=O)C[C@H]1C=CCC1)N[C@@H]1CCCc2ccccc21. The quantitative estimate of drug-likeness (QED) is 0.671. The predicted octanol–water partition coefficient (Wildman–Crippen LogP) is 3.08. The van der Waals surface area contributed by atoms with Crippen LogP contribution >= 0.6 is 0 Å². The number of carbonyl (C=O) groups is 2. The molecule has 0 saturated carbocycles. The number of fused-ring (bicyclic) bond motifs is 1. The van der Waals surface area contributed by atoms with Crippen molar-refractivity contribution < 1.29 is 14.3 Å². The molecular formula is C19H23NO3.